The van der Waals surface area contributed by atoms with Crippen LogP contribution < -0.4 is 0 Å². The molecule has 0 aromatic rings. The highest BCUT2D eigenvalue weighted by molar-refractivity contribution is 6.20. The Morgan fingerprint density at radius 3 is 2.11 bits per heavy atom. The van der Waals surface area contributed by atoms with Gasteiger partial charge in [-0.2, -0.15) is 0 Å². The normalized spacial score (nSPS) is 31.4. The van der Waals surface area contributed by atoms with Gasteiger partial charge in [0, 0.05) is 28.4 Å². The van der Waals surface area contributed by atoms with E-state index in [-0.39, 0.29) is 17.3 Å². The van der Waals surface area contributed by atoms with E-state index in [1.54, 1.807) is 6.92 Å². The quantitative estimate of drug-likeness (QED) is 0.667. The topological polar surface area (TPSA) is 51.2 Å². The number of allylic oxidation sites excluding steroid dienone is 4. The minimum absolute atomic E-state index is 0.124. The first-order chi connectivity index (χ1) is 8.20. The van der Waals surface area contributed by atoms with E-state index < -0.39 is 10.8 Å². The third kappa shape index (κ3) is 1.53. The Morgan fingerprint density at radius 1 is 1.00 bits per heavy atom. The molecule has 0 unspecified atom stereocenters. The van der Waals surface area contributed by atoms with Gasteiger partial charge in [0.25, 0.3) is 0 Å². The van der Waals surface area contributed by atoms with Crippen molar-refractivity contribution in [2.24, 2.45) is 10.8 Å². The van der Waals surface area contributed by atoms with Crippen LogP contribution in [0.3, 0.4) is 0 Å². The third-order valence-electron chi connectivity index (χ3n) is 4.80. The Labute approximate surface area is 107 Å². The number of Topliss-reactive ketones (excluding diaryl/α,β-unsaturated/α-hetero) is 1. The summed E-state index contributed by atoms with van der Waals surface area (Å²) in [6, 6.07) is 0. The molecular formula is C15H18O3. The number of hydrogen-bond donors (Lipinski definition) is 0. The average Bonchev–Trinajstić information content (AvgIpc) is 2.48. The molecule has 0 bridgehead atoms. The van der Waals surface area contributed by atoms with Gasteiger partial charge in [-0.25, -0.2) is 0 Å². The van der Waals surface area contributed by atoms with E-state index in [0.29, 0.717) is 24.0 Å². The maximum Gasteiger partial charge on any atom is 0.182 e. The predicted octanol–water partition coefficient (Wildman–Crippen LogP) is 2.41. The molecule has 0 aromatic heterocycles. The van der Waals surface area contributed by atoms with E-state index in [1.165, 1.54) is 12.2 Å². The van der Waals surface area contributed by atoms with Crippen LogP contribution in [-0.2, 0) is 14.4 Å². The van der Waals surface area contributed by atoms with E-state index in [4.69, 9.17) is 0 Å². The molecule has 1 fully saturated rings. The number of hydrogen-bond acceptors (Lipinski definition) is 3. The minimum Gasteiger partial charge on any atom is -0.299 e. The van der Waals surface area contributed by atoms with Crippen LogP contribution in [0.4, 0.5) is 0 Å². The van der Waals surface area contributed by atoms with Crippen LogP contribution in [0.5, 0.6) is 0 Å². The maximum atomic E-state index is 12.1. The van der Waals surface area contributed by atoms with Crippen LogP contribution in [0.1, 0.15) is 40.5 Å². The minimum atomic E-state index is -0.589. The molecule has 0 spiro atoms. The number of carbonyl (C=O) groups is 3. The highest BCUT2D eigenvalue weighted by atomic mass is 16.1. The Bertz CT molecular complexity index is 520. The van der Waals surface area contributed by atoms with Gasteiger partial charge in [0.05, 0.1) is 0 Å². The standard InChI is InChI=1S/C15H18O3/c1-9-7-12(17)10(8-11(9)16)15(4)6-5-13(18)14(15,2)3/h7-8H,5-6H2,1-4H3/t15-/m1/s1. The van der Waals surface area contributed by atoms with E-state index in [1.807, 2.05) is 20.8 Å². The smallest absolute Gasteiger partial charge is 0.182 e. The molecule has 18 heavy (non-hydrogen) atoms. The number of rotatable bonds is 1. The fourth-order valence-corrected chi connectivity index (χ4v) is 2.86. The molecule has 2 aliphatic carbocycles. The molecule has 0 amide bonds. The van der Waals surface area contributed by atoms with Gasteiger partial charge in [-0.3, -0.25) is 14.4 Å². The molecular weight excluding hydrogens is 228 g/mol. The highest BCUT2D eigenvalue weighted by Crippen LogP contribution is 2.55. The second-order valence-electron chi connectivity index (χ2n) is 5.99. The van der Waals surface area contributed by atoms with Crippen LogP contribution in [0.2, 0.25) is 0 Å². The predicted molar refractivity (Wildman–Crippen MR) is 68.0 cm³/mol. The Kier molecular flexibility index (Phi) is 2.69. The molecule has 0 saturated heterocycles. The van der Waals surface area contributed by atoms with Crippen molar-refractivity contribution in [2.45, 2.75) is 40.5 Å². The lowest BCUT2D eigenvalue weighted by Crippen LogP contribution is -2.39. The zero-order chi connectivity index (χ0) is 13.7. The lowest BCUT2D eigenvalue weighted by molar-refractivity contribution is -0.127. The summed E-state index contributed by atoms with van der Waals surface area (Å²) in [6.45, 7) is 7.29. The zero-order valence-electron chi connectivity index (χ0n) is 11.3. The first-order valence-corrected chi connectivity index (χ1v) is 6.22. The van der Waals surface area contributed by atoms with Crippen LogP contribution in [-0.4, -0.2) is 17.3 Å². The first-order valence-electron chi connectivity index (χ1n) is 6.22. The second-order valence-corrected chi connectivity index (χ2v) is 5.99. The van der Waals surface area contributed by atoms with Gasteiger partial charge in [-0.15, -0.1) is 0 Å². The summed E-state index contributed by atoms with van der Waals surface area (Å²) in [5.74, 6) is -0.0872. The van der Waals surface area contributed by atoms with Crippen molar-refractivity contribution in [2.75, 3.05) is 0 Å². The lowest BCUT2D eigenvalue weighted by atomic mass is 9.62. The van der Waals surface area contributed by atoms with Crippen LogP contribution in [0.25, 0.3) is 0 Å². The molecule has 3 heteroatoms. The average molecular weight is 246 g/mol. The van der Waals surface area contributed by atoms with Crippen molar-refractivity contribution in [3.8, 4) is 0 Å². The van der Waals surface area contributed by atoms with Crippen LogP contribution in [0.15, 0.2) is 23.3 Å². The first kappa shape index (κ1) is 12.9. The number of carbonyl (C=O) groups excluding carboxylic acids is 3. The van der Waals surface area contributed by atoms with Gasteiger partial charge in [0.1, 0.15) is 5.78 Å². The zero-order valence-corrected chi connectivity index (χ0v) is 11.3. The molecule has 0 aliphatic heterocycles. The molecule has 0 aromatic carbocycles. The fraction of sp³-hybridized carbons (Fsp3) is 0.533. The van der Waals surface area contributed by atoms with E-state index in [0.717, 1.165) is 0 Å². The molecule has 3 nitrogen and oxygen atoms in total. The number of ketones is 3. The molecule has 0 N–H and O–H groups in total. The molecule has 96 valence electrons. The Hall–Kier alpha value is -1.51. The van der Waals surface area contributed by atoms with Gasteiger partial charge in [0.2, 0.25) is 0 Å². The Balaban J connectivity index is 2.51. The summed E-state index contributed by atoms with van der Waals surface area (Å²) in [5, 5.41) is 0. The fourth-order valence-electron chi connectivity index (χ4n) is 2.86. The summed E-state index contributed by atoms with van der Waals surface area (Å²) in [6.07, 6.45) is 3.93. The highest BCUT2D eigenvalue weighted by Gasteiger charge is 2.54. The van der Waals surface area contributed by atoms with E-state index in [9.17, 15) is 14.4 Å². The van der Waals surface area contributed by atoms with Crippen molar-refractivity contribution in [3.63, 3.8) is 0 Å². The van der Waals surface area contributed by atoms with Crippen molar-refractivity contribution in [3.05, 3.63) is 23.3 Å². The van der Waals surface area contributed by atoms with Gasteiger partial charge in [-0.1, -0.05) is 20.8 Å². The SMILES string of the molecule is CC1=CC(=O)C([C@@]2(C)CCC(=O)C2(C)C)=CC1=O. The van der Waals surface area contributed by atoms with Crippen LogP contribution in [0, 0.1) is 10.8 Å². The van der Waals surface area contributed by atoms with Gasteiger partial charge < -0.3 is 0 Å². The molecule has 0 radical (unpaired) electrons. The van der Waals surface area contributed by atoms with Crippen molar-refractivity contribution in [1.29, 1.82) is 0 Å². The lowest BCUT2D eigenvalue weighted by Gasteiger charge is -2.39. The summed E-state index contributed by atoms with van der Waals surface area (Å²) in [7, 11) is 0. The molecule has 1 atom stereocenters. The largest absolute Gasteiger partial charge is 0.299 e. The van der Waals surface area contributed by atoms with E-state index >= 15 is 0 Å². The summed E-state index contributed by atoms with van der Waals surface area (Å²) >= 11 is 0. The van der Waals surface area contributed by atoms with Crippen LogP contribution >= 0.6 is 0 Å². The van der Waals surface area contributed by atoms with E-state index in [2.05, 4.69) is 0 Å². The van der Waals surface area contributed by atoms with Gasteiger partial charge in [0.15, 0.2) is 11.6 Å². The van der Waals surface area contributed by atoms with Gasteiger partial charge in [-0.05, 0) is 25.5 Å². The van der Waals surface area contributed by atoms with Crippen molar-refractivity contribution >= 4 is 17.3 Å². The van der Waals surface area contributed by atoms with Crippen molar-refractivity contribution in [1.82, 2.24) is 0 Å². The molecule has 2 rings (SSSR count). The van der Waals surface area contributed by atoms with Crippen molar-refractivity contribution < 1.29 is 14.4 Å². The Morgan fingerprint density at radius 2 is 1.61 bits per heavy atom. The molecule has 1 saturated carbocycles. The maximum absolute atomic E-state index is 12.1. The monoisotopic (exact) mass is 246 g/mol. The van der Waals surface area contributed by atoms with Gasteiger partial charge >= 0.3 is 0 Å². The summed E-state index contributed by atoms with van der Waals surface area (Å²) < 4.78 is 0. The molecule has 2 aliphatic rings. The second kappa shape index (κ2) is 3.74. The summed E-state index contributed by atoms with van der Waals surface area (Å²) in [4.78, 5) is 35.9. The summed E-state index contributed by atoms with van der Waals surface area (Å²) in [5.41, 5.74) is -0.162. The third-order valence-corrected chi connectivity index (χ3v) is 4.80. The molecule has 0 heterocycles.